The van der Waals surface area contributed by atoms with E-state index in [-0.39, 0.29) is 18.4 Å². The first-order valence-electron chi connectivity index (χ1n) is 4.83. The third kappa shape index (κ3) is 3.93. The number of nitriles is 1. The number of carbonyl (C=O) groups excluding carboxylic acids is 1. The molecule has 0 aromatic heterocycles. The standard InChI is InChI=1S/C10H18N2O/c1-4-6-9(3)10(13)12(5-2)8-7-11/h9H,4-6,8H2,1-3H3. The smallest absolute Gasteiger partial charge is 0.226 e. The van der Waals surface area contributed by atoms with E-state index >= 15 is 0 Å². The van der Waals surface area contributed by atoms with E-state index in [0.29, 0.717) is 6.54 Å². The van der Waals surface area contributed by atoms with Gasteiger partial charge in [0.1, 0.15) is 6.54 Å². The van der Waals surface area contributed by atoms with Gasteiger partial charge in [-0.15, -0.1) is 0 Å². The van der Waals surface area contributed by atoms with Crippen molar-refractivity contribution in [2.24, 2.45) is 5.92 Å². The van der Waals surface area contributed by atoms with Gasteiger partial charge in [0, 0.05) is 12.5 Å². The van der Waals surface area contributed by atoms with Gasteiger partial charge in [0.15, 0.2) is 0 Å². The van der Waals surface area contributed by atoms with Gasteiger partial charge < -0.3 is 4.90 Å². The lowest BCUT2D eigenvalue weighted by molar-refractivity contribution is -0.134. The van der Waals surface area contributed by atoms with E-state index in [2.05, 4.69) is 6.92 Å². The number of hydrogen-bond acceptors (Lipinski definition) is 2. The van der Waals surface area contributed by atoms with Crippen molar-refractivity contribution in [2.45, 2.75) is 33.6 Å². The number of rotatable bonds is 5. The summed E-state index contributed by atoms with van der Waals surface area (Å²) in [7, 11) is 0. The number of nitrogens with zero attached hydrogens (tertiary/aromatic N) is 2. The Morgan fingerprint density at radius 2 is 2.15 bits per heavy atom. The van der Waals surface area contributed by atoms with Crippen LogP contribution in [0.25, 0.3) is 0 Å². The maximum Gasteiger partial charge on any atom is 0.226 e. The average Bonchev–Trinajstić information content (AvgIpc) is 2.13. The minimum atomic E-state index is 0.0540. The van der Waals surface area contributed by atoms with E-state index < -0.39 is 0 Å². The molecule has 1 unspecified atom stereocenters. The summed E-state index contributed by atoms with van der Waals surface area (Å²) >= 11 is 0. The second kappa shape index (κ2) is 6.47. The van der Waals surface area contributed by atoms with Gasteiger partial charge in [-0.25, -0.2) is 0 Å². The lowest BCUT2D eigenvalue weighted by atomic mass is 10.0. The highest BCUT2D eigenvalue weighted by Gasteiger charge is 2.17. The summed E-state index contributed by atoms with van der Waals surface area (Å²) < 4.78 is 0. The van der Waals surface area contributed by atoms with Gasteiger partial charge in [0.05, 0.1) is 6.07 Å². The Bertz CT molecular complexity index is 196. The van der Waals surface area contributed by atoms with Crippen LogP contribution in [-0.2, 0) is 4.79 Å². The Balaban J connectivity index is 4.12. The van der Waals surface area contributed by atoms with Gasteiger partial charge in [-0.1, -0.05) is 20.3 Å². The van der Waals surface area contributed by atoms with Crippen LogP contribution in [0, 0.1) is 17.2 Å². The molecule has 0 aliphatic rings. The normalized spacial score (nSPS) is 11.8. The minimum absolute atomic E-state index is 0.0540. The molecule has 0 saturated carbocycles. The molecule has 0 N–H and O–H groups in total. The third-order valence-electron chi connectivity index (χ3n) is 2.10. The molecule has 0 bridgehead atoms. The molecule has 1 atom stereocenters. The minimum Gasteiger partial charge on any atom is -0.329 e. The molecule has 0 radical (unpaired) electrons. The summed E-state index contributed by atoms with van der Waals surface area (Å²) in [6, 6.07) is 2.00. The first-order valence-corrected chi connectivity index (χ1v) is 4.83. The second-order valence-corrected chi connectivity index (χ2v) is 3.20. The predicted molar refractivity (Wildman–Crippen MR) is 51.9 cm³/mol. The largest absolute Gasteiger partial charge is 0.329 e. The van der Waals surface area contributed by atoms with E-state index in [4.69, 9.17) is 5.26 Å². The highest BCUT2D eigenvalue weighted by Crippen LogP contribution is 2.08. The Morgan fingerprint density at radius 1 is 1.54 bits per heavy atom. The van der Waals surface area contributed by atoms with Gasteiger partial charge >= 0.3 is 0 Å². The quantitative estimate of drug-likeness (QED) is 0.608. The van der Waals surface area contributed by atoms with Gasteiger partial charge in [-0.2, -0.15) is 5.26 Å². The van der Waals surface area contributed by atoms with Crippen molar-refractivity contribution in [2.75, 3.05) is 13.1 Å². The van der Waals surface area contributed by atoms with E-state index in [9.17, 15) is 4.79 Å². The van der Waals surface area contributed by atoms with Gasteiger partial charge in [-0.05, 0) is 13.3 Å². The zero-order valence-corrected chi connectivity index (χ0v) is 8.71. The van der Waals surface area contributed by atoms with Crippen LogP contribution in [0.5, 0.6) is 0 Å². The second-order valence-electron chi connectivity index (χ2n) is 3.20. The molecular formula is C10H18N2O. The molecular weight excluding hydrogens is 164 g/mol. The molecule has 0 aromatic rings. The Labute approximate surface area is 80.3 Å². The summed E-state index contributed by atoms with van der Waals surface area (Å²) in [5.41, 5.74) is 0. The van der Waals surface area contributed by atoms with Crippen molar-refractivity contribution in [3.05, 3.63) is 0 Å². The summed E-state index contributed by atoms with van der Waals surface area (Å²) in [5.74, 6) is 0.157. The monoisotopic (exact) mass is 182 g/mol. The van der Waals surface area contributed by atoms with Crippen LogP contribution >= 0.6 is 0 Å². The fraction of sp³-hybridized carbons (Fsp3) is 0.800. The zero-order valence-electron chi connectivity index (χ0n) is 8.71. The molecule has 0 aliphatic carbocycles. The predicted octanol–water partition coefficient (Wildman–Crippen LogP) is 1.79. The van der Waals surface area contributed by atoms with Crippen LogP contribution in [0.15, 0.2) is 0 Å². The van der Waals surface area contributed by atoms with Gasteiger partial charge in [0.25, 0.3) is 0 Å². The van der Waals surface area contributed by atoms with Gasteiger partial charge in [-0.3, -0.25) is 4.79 Å². The van der Waals surface area contributed by atoms with Crippen molar-refractivity contribution < 1.29 is 4.79 Å². The van der Waals surface area contributed by atoms with Crippen LogP contribution in [0.2, 0.25) is 0 Å². The van der Waals surface area contributed by atoms with Crippen LogP contribution < -0.4 is 0 Å². The van der Waals surface area contributed by atoms with Crippen molar-refractivity contribution in [3.63, 3.8) is 0 Å². The molecule has 0 saturated heterocycles. The molecule has 3 heteroatoms. The van der Waals surface area contributed by atoms with Crippen molar-refractivity contribution in [1.29, 1.82) is 5.26 Å². The third-order valence-corrected chi connectivity index (χ3v) is 2.10. The Kier molecular flexibility index (Phi) is 5.96. The molecule has 0 rings (SSSR count). The maximum atomic E-state index is 11.6. The lowest BCUT2D eigenvalue weighted by Gasteiger charge is -2.21. The number of amides is 1. The summed E-state index contributed by atoms with van der Waals surface area (Å²) in [5, 5.41) is 8.48. The fourth-order valence-corrected chi connectivity index (χ4v) is 1.30. The van der Waals surface area contributed by atoms with Crippen molar-refractivity contribution >= 4 is 5.91 Å². The molecule has 0 aromatic carbocycles. The van der Waals surface area contributed by atoms with E-state index in [1.807, 2.05) is 19.9 Å². The number of hydrogen-bond donors (Lipinski definition) is 0. The number of carbonyl (C=O) groups is 1. The van der Waals surface area contributed by atoms with Crippen molar-refractivity contribution in [1.82, 2.24) is 4.90 Å². The topological polar surface area (TPSA) is 44.1 Å². The van der Waals surface area contributed by atoms with Crippen LogP contribution in [0.4, 0.5) is 0 Å². The van der Waals surface area contributed by atoms with E-state index in [1.54, 1.807) is 4.90 Å². The molecule has 0 fully saturated rings. The Morgan fingerprint density at radius 3 is 2.54 bits per heavy atom. The van der Waals surface area contributed by atoms with Crippen LogP contribution in [-0.4, -0.2) is 23.9 Å². The molecule has 3 nitrogen and oxygen atoms in total. The highest BCUT2D eigenvalue weighted by atomic mass is 16.2. The molecule has 13 heavy (non-hydrogen) atoms. The summed E-state index contributed by atoms with van der Waals surface area (Å²) in [6.07, 6.45) is 1.91. The Hall–Kier alpha value is -1.04. The van der Waals surface area contributed by atoms with Crippen LogP contribution in [0.1, 0.15) is 33.6 Å². The first-order chi connectivity index (χ1) is 6.17. The summed E-state index contributed by atoms with van der Waals surface area (Å²) in [4.78, 5) is 13.2. The van der Waals surface area contributed by atoms with Gasteiger partial charge in [0.2, 0.25) is 5.91 Å². The maximum absolute atomic E-state index is 11.6. The van der Waals surface area contributed by atoms with E-state index in [1.165, 1.54) is 0 Å². The SMILES string of the molecule is CCCC(C)C(=O)N(CC)CC#N. The highest BCUT2D eigenvalue weighted by molar-refractivity contribution is 5.78. The van der Waals surface area contributed by atoms with Crippen LogP contribution in [0.3, 0.4) is 0 Å². The lowest BCUT2D eigenvalue weighted by Crippen LogP contribution is -2.35. The van der Waals surface area contributed by atoms with E-state index in [0.717, 1.165) is 12.8 Å². The molecule has 0 aliphatic heterocycles. The fourth-order valence-electron chi connectivity index (χ4n) is 1.30. The first kappa shape index (κ1) is 12.0. The molecule has 1 amide bonds. The molecule has 0 spiro atoms. The summed E-state index contributed by atoms with van der Waals surface area (Å²) in [6.45, 7) is 6.72. The van der Waals surface area contributed by atoms with Crippen molar-refractivity contribution in [3.8, 4) is 6.07 Å². The molecule has 74 valence electrons. The average molecular weight is 182 g/mol. The zero-order chi connectivity index (χ0) is 10.3. The molecule has 0 heterocycles.